The zero-order valence-electron chi connectivity index (χ0n) is 11.6. The summed E-state index contributed by atoms with van der Waals surface area (Å²) in [5, 5.41) is 4.29. The van der Waals surface area contributed by atoms with E-state index >= 15 is 0 Å². The highest BCUT2D eigenvalue weighted by molar-refractivity contribution is 6.30. The zero-order chi connectivity index (χ0) is 14.4. The van der Waals surface area contributed by atoms with Gasteiger partial charge in [-0.2, -0.15) is 0 Å². The molecule has 0 bridgehead atoms. The Labute approximate surface area is 124 Å². The summed E-state index contributed by atoms with van der Waals surface area (Å²) in [5.74, 6) is -0.188. The highest BCUT2D eigenvalue weighted by Crippen LogP contribution is 2.20. The highest BCUT2D eigenvalue weighted by Gasteiger charge is 2.08. The molecule has 0 spiro atoms. The fraction of sp³-hybridized carbons (Fsp3) is 0.294. The van der Waals surface area contributed by atoms with E-state index in [2.05, 4.69) is 18.3 Å². The molecule has 0 aliphatic rings. The Balaban J connectivity index is 1.89. The summed E-state index contributed by atoms with van der Waals surface area (Å²) >= 11 is 6.03. The quantitative estimate of drug-likeness (QED) is 0.809. The molecule has 1 atom stereocenters. The molecule has 0 aromatic heterocycles. The maximum Gasteiger partial charge on any atom is 0.123 e. The van der Waals surface area contributed by atoms with E-state index < -0.39 is 0 Å². The van der Waals surface area contributed by atoms with Gasteiger partial charge in [-0.1, -0.05) is 42.8 Å². The highest BCUT2D eigenvalue weighted by atomic mass is 35.5. The molecule has 0 amide bonds. The molecule has 0 fully saturated rings. The number of nitrogens with one attached hydrogen (secondary N) is 1. The van der Waals surface area contributed by atoms with E-state index in [9.17, 15) is 4.39 Å². The first-order chi connectivity index (χ1) is 9.69. The first-order valence-corrected chi connectivity index (χ1v) is 7.30. The normalized spacial score (nSPS) is 12.3. The van der Waals surface area contributed by atoms with Gasteiger partial charge >= 0.3 is 0 Å². The van der Waals surface area contributed by atoms with Crippen molar-refractivity contribution in [2.45, 2.75) is 25.8 Å². The third kappa shape index (κ3) is 4.32. The SMILES string of the molecule is CCC(NCCc1ccc(F)cc1)c1cccc(Cl)c1. The van der Waals surface area contributed by atoms with Crippen LogP contribution in [0.15, 0.2) is 48.5 Å². The molecule has 1 unspecified atom stereocenters. The van der Waals surface area contributed by atoms with Crippen LogP contribution in [0, 0.1) is 5.82 Å². The van der Waals surface area contributed by atoms with Crippen molar-refractivity contribution in [2.75, 3.05) is 6.54 Å². The van der Waals surface area contributed by atoms with Crippen molar-refractivity contribution >= 4 is 11.6 Å². The maximum atomic E-state index is 12.8. The van der Waals surface area contributed by atoms with Gasteiger partial charge in [-0.25, -0.2) is 4.39 Å². The summed E-state index contributed by atoms with van der Waals surface area (Å²) < 4.78 is 12.8. The van der Waals surface area contributed by atoms with Crippen LogP contribution in [0.5, 0.6) is 0 Å². The summed E-state index contributed by atoms with van der Waals surface area (Å²) in [6.45, 7) is 3.01. The lowest BCUT2D eigenvalue weighted by Gasteiger charge is -2.17. The summed E-state index contributed by atoms with van der Waals surface area (Å²) in [6.07, 6.45) is 1.89. The van der Waals surface area contributed by atoms with Crippen LogP contribution in [-0.2, 0) is 6.42 Å². The van der Waals surface area contributed by atoms with Crippen molar-refractivity contribution in [3.63, 3.8) is 0 Å². The number of hydrogen-bond donors (Lipinski definition) is 1. The molecule has 106 valence electrons. The molecular weight excluding hydrogens is 273 g/mol. The molecule has 1 N–H and O–H groups in total. The fourth-order valence-corrected chi connectivity index (χ4v) is 2.46. The van der Waals surface area contributed by atoms with Gasteiger partial charge in [0.2, 0.25) is 0 Å². The number of halogens is 2. The van der Waals surface area contributed by atoms with E-state index in [1.807, 2.05) is 30.3 Å². The molecule has 0 heterocycles. The molecule has 1 nitrogen and oxygen atoms in total. The molecule has 20 heavy (non-hydrogen) atoms. The van der Waals surface area contributed by atoms with E-state index in [4.69, 9.17) is 11.6 Å². The van der Waals surface area contributed by atoms with Crippen molar-refractivity contribution in [3.05, 3.63) is 70.5 Å². The van der Waals surface area contributed by atoms with E-state index in [1.54, 1.807) is 0 Å². The summed E-state index contributed by atoms with van der Waals surface area (Å²) in [5.41, 5.74) is 2.35. The lowest BCUT2D eigenvalue weighted by atomic mass is 10.0. The van der Waals surface area contributed by atoms with Crippen LogP contribution < -0.4 is 5.32 Å². The van der Waals surface area contributed by atoms with Crippen LogP contribution in [0.2, 0.25) is 5.02 Å². The van der Waals surface area contributed by atoms with Crippen LogP contribution in [0.3, 0.4) is 0 Å². The van der Waals surface area contributed by atoms with Gasteiger partial charge in [0.15, 0.2) is 0 Å². The van der Waals surface area contributed by atoms with Gasteiger partial charge in [0.1, 0.15) is 5.82 Å². The minimum atomic E-state index is -0.188. The number of benzene rings is 2. The van der Waals surface area contributed by atoms with Crippen LogP contribution in [0.1, 0.15) is 30.5 Å². The Kier molecular flexibility index (Phi) is 5.57. The molecule has 3 heteroatoms. The minimum Gasteiger partial charge on any atom is -0.310 e. The van der Waals surface area contributed by atoms with Gasteiger partial charge in [0, 0.05) is 11.1 Å². The minimum absolute atomic E-state index is 0.188. The Morgan fingerprint density at radius 1 is 1.15 bits per heavy atom. The van der Waals surface area contributed by atoms with Crippen LogP contribution in [-0.4, -0.2) is 6.54 Å². The Hall–Kier alpha value is -1.38. The van der Waals surface area contributed by atoms with Gasteiger partial charge in [-0.05, 0) is 54.8 Å². The molecular formula is C17H19ClFN. The first kappa shape index (κ1) is 15.0. The molecule has 0 radical (unpaired) electrons. The van der Waals surface area contributed by atoms with Gasteiger partial charge in [-0.15, -0.1) is 0 Å². The topological polar surface area (TPSA) is 12.0 Å². The van der Waals surface area contributed by atoms with Crippen molar-refractivity contribution in [1.82, 2.24) is 5.32 Å². The summed E-state index contributed by atoms with van der Waals surface area (Å²) in [6, 6.07) is 14.9. The second kappa shape index (κ2) is 7.41. The second-order valence-electron chi connectivity index (χ2n) is 4.85. The monoisotopic (exact) mass is 291 g/mol. The molecule has 2 aromatic rings. The Morgan fingerprint density at radius 2 is 1.90 bits per heavy atom. The lowest BCUT2D eigenvalue weighted by molar-refractivity contribution is 0.522. The smallest absolute Gasteiger partial charge is 0.123 e. The Bertz CT molecular complexity index is 539. The predicted octanol–water partition coefficient (Wildman–Crippen LogP) is 4.76. The third-order valence-corrected chi connectivity index (χ3v) is 3.61. The summed E-state index contributed by atoms with van der Waals surface area (Å²) in [4.78, 5) is 0. The van der Waals surface area contributed by atoms with Crippen molar-refractivity contribution < 1.29 is 4.39 Å². The second-order valence-corrected chi connectivity index (χ2v) is 5.28. The van der Waals surface area contributed by atoms with E-state index in [-0.39, 0.29) is 5.82 Å². The predicted molar refractivity (Wildman–Crippen MR) is 82.6 cm³/mol. The molecule has 0 aliphatic carbocycles. The number of hydrogen-bond acceptors (Lipinski definition) is 1. The average molecular weight is 292 g/mol. The molecule has 2 aromatic carbocycles. The van der Waals surface area contributed by atoms with Crippen molar-refractivity contribution in [3.8, 4) is 0 Å². The van der Waals surface area contributed by atoms with Crippen LogP contribution >= 0.6 is 11.6 Å². The molecule has 0 saturated carbocycles. The van der Waals surface area contributed by atoms with Crippen molar-refractivity contribution in [2.24, 2.45) is 0 Å². The fourth-order valence-electron chi connectivity index (χ4n) is 2.26. The summed E-state index contributed by atoms with van der Waals surface area (Å²) in [7, 11) is 0. The first-order valence-electron chi connectivity index (χ1n) is 6.92. The largest absolute Gasteiger partial charge is 0.310 e. The van der Waals surface area contributed by atoms with E-state index in [0.717, 1.165) is 30.0 Å². The van der Waals surface area contributed by atoms with E-state index in [0.29, 0.717) is 6.04 Å². The third-order valence-electron chi connectivity index (χ3n) is 3.38. The number of rotatable bonds is 6. The average Bonchev–Trinajstić information content (AvgIpc) is 2.45. The van der Waals surface area contributed by atoms with Gasteiger partial charge in [-0.3, -0.25) is 0 Å². The molecule has 0 aliphatic heterocycles. The van der Waals surface area contributed by atoms with Gasteiger partial charge in [0.05, 0.1) is 0 Å². The zero-order valence-corrected chi connectivity index (χ0v) is 12.3. The van der Waals surface area contributed by atoms with Gasteiger partial charge < -0.3 is 5.32 Å². The van der Waals surface area contributed by atoms with Crippen LogP contribution in [0.25, 0.3) is 0 Å². The Morgan fingerprint density at radius 3 is 2.55 bits per heavy atom. The molecule has 2 rings (SSSR count). The van der Waals surface area contributed by atoms with Gasteiger partial charge in [0.25, 0.3) is 0 Å². The lowest BCUT2D eigenvalue weighted by Crippen LogP contribution is -2.23. The standard InChI is InChI=1S/C17H19ClFN/c1-2-17(14-4-3-5-15(18)12-14)20-11-10-13-6-8-16(19)9-7-13/h3-9,12,17,20H,2,10-11H2,1H3. The molecule has 0 saturated heterocycles. The van der Waals surface area contributed by atoms with Crippen LogP contribution in [0.4, 0.5) is 4.39 Å². The van der Waals surface area contributed by atoms with Crippen molar-refractivity contribution in [1.29, 1.82) is 0 Å². The van der Waals surface area contributed by atoms with E-state index in [1.165, 1.54) is 17.7 Å². The maximum absolute atomic E-state index is 12.8.